The second-order valence-corrected chi connectivity index (χ2v) is 16.2. The minimum absolute atomic E-state index is 0.441. The van der Waals surface area contributed by atoms with Gasteiger partial charge in [-0.05, 0) is 91.0 Å². The van der Waals surface area contributed by atoms with E-state index in [2.05, 4.69) is 176 Å². The monoisotopic (exact) mass is 789 g/mol. The van der Waals surface area contributed by atoms with Crippen molar-refractivity contribution in [2.45, 2.75) is 5.41 Å². The van der Waals surface area contributed by atoms with E-state index in [4.69, 9.17) is 19.4 Å². The van der Waals surface area contributed by atoms with Gasteiger partial charge in [0.25, 0.3) is 0 Å². The van der Waals surface area contributed by atoms with Crippen molar-refractivity contribution < 1.29 is 4.42 Å². The molecule has 0 unspecified atom stereocenters. The number of benzene rings is 9. The number of nitrogens with zero attached hydrogens (tertiary/aromatic N) is 3. The number of fused-ring (bicyclic) bond motifs is 13. The summed E-state index contributed by atoms with van der Waals surface area (Å²) in [5, 5.41) is 2.19. The average molecular weight is 790 g/mol. The van der Waals surface area contributed by atoms with Crippen molar-refractivity contribution in [2.75, 3.05) is 0 Å². The maximum Gasteiger partial charge on any atom is 0.164 e. The summed E-state index contributed by atoms with van der Waals surface area (Å²) in [6, 6.07) is 75.6. The van der Waals surface area contributed by atoms with Gasteiger partial charge in [0, 0.05) is 27.5 Å². The lowest BCUT2D eigenvalue weighted by molar-refractivity contribution is 0.669. The fourth-order valence-corrected chi connectivity index (χ4v) is 10.4. The van der Waals surface area contributed by atoms with E-state index in [0.29, 0.717) is 17.5 Å². The zero-order valence-electron chi connectivity index (χ0n) is 33.5. The Morgan fingerprint density at radius 1 is 0.290 bits per heavy atom. The Kier molecular flexibility index (Phi) is 7.49. The lowest BCUT2D eigenvalue weighted by Crippen LogP contribution is -2.25. The molecule has 2 heterocycles. The van der Waals surface area contributed by atoms with Crippen LogP contribution < -0.4 is 0 Å². The van der Waals surface area contributed by atoms with Gasteiger partial charge in [-0.15, -0.1) is 0 Å². The highest BCUT2D eigenvalue weighted by molar-refractivity contribution is 6.12. The van der Waals surface area contributed by atoms with E-state index in [9.17, 15) is 0 Å². The molecule has 2 aromatic heterocycles. The molecule has 0 atom stereocenters. The van der Waals surface area contributed by atoms with Gasteiger partial charge in [0.2, 0.25) is 0 Å². The Morgan fingerprint density at radius 2 is 0.774 bits per heavy atom. The van der Waals surface area contributed by atoms with Crippen LogP contribution in [0.2, 0.25) is 0 Å². The smallest absolute Gasteiger partial charge is 0.164 e. The quantitative estimate of drug-likeness (QED) is 0.174. The molecule has 288 valence electrons. The van der Waals surface area contributed by atoms with Gasteiger partial charge in [-0.3, -0.25) is 0 Å². The van der Waals surface area contributed by atoms with E-state index in [1.165, 1.54) is 44.5 Å². The highest BCUT2D eigenvalue weighted by Crippen LogP contribution is 2.63. The van der Waals surface area contributed by atoms with Crippen LogP contribution in [0.1, 0.15) is 22.3 Å². The SMILES string of the molecule is c1ccc(-c2nc(-c3cccc(-c4cccc5oc6ccccc6c45)c3)nc(-c3ccccc3-c3ccc4c(c3)C3(c5ccccc5-c5ccccc53)c3ccccc3-4)n2)cc1. The Morgan fingerprint density at radius 3 is 1.50 bits per heavy atom. The molecule has 62 heavy (non-hydrogen) atoms. The molecule has 0 fully saturated rings. The summed E-state index contributed by atoms with van der Waals surface area (Å²) in [4.78, 5) is 15.7. The predicted octanol–water partition coefficient (Wildman–Crippen LogP) is 14.4. The first kappa shape index (κ1) is 34.6. The minimum atomic E-state index is -0.441. The van der Waals surface area contributed by atoms with Crippen LogP contribution in [0.3, 0.4) is 0 Å². The van der Waals surface area contributed by atoms with Crippen molar-refractivity contribution in [2.24, 2.45) is 0 Å². The second kappa shape index (κ2) is 13.4. The average Bonchev–Trinajstić information content (AvgIpc) is 3.98. The summed E-state index contributed by atoms with van der Waals surface area (Å²) >= 11 is 0. The molecule has 13 rings (SSSR count). The maximum absolute atomic E-state index is 6.27. The van der Waals surface area contributed by atoms with E-state index < -0.39 is 5.41 Å². The van der Waals surface area contributed by atoms with Crippen molar-refractivity contribution in [1.29, 1.82) is 0 Å². The Hall–Kier alpha value is -8.21. The molecule has 1 spiro atoms. The molecular weight excluding hydrogens is 755 g/mol. The van der Waals surface area contributed by atoms with Crippen LogP contribution in [0.25, 0.3) is 101 Å². The molecule has 0 amide bonds. The molecule has 0 bridgehead atoms. The molecule has 4 nitrogen and oxygen atoms in total. The summed E-state index contributed by atoms with van der Waals surface area (Å²) in [5.41, 5.74) is 18.8. The molecule has 0 saturated heterocycles. The normalized spacial score (nSPS) is 13.0. The van der Waals surface area contributed by atoms with Gasteiger partial charge in [0.05, 0.1) is 5.41 Å². The molecule has 0 N–H and O–H groups in total. The number of hydrogen-bond acceptors (Lipinski definition) is 4. The fraction of sp³-hybridized carbons (Fsp3) is 0.0172. The van der Waals surface area contributed by atoms with E-state index in [0.717, 1.165) is 60.9 Å². The zero-order chi connectivity index (χ0) is 40.8. The predicted molar refractivity (Wildman–Crippen MR) is 251 cm³/mol. The van der Waals surface area contributed by atoms with Gasteiger partial charge >= 0.3 is 0 Å². The van der Waals surface area contributed by atoms with E-state index in [1.807, 2.05) is 36.4 Å². The van der Waals surface area contributed by atoms with Crippen LogP contribution in [0.5, 0.6) is 0 Å². The summed E-state index contributed by atoms with van der Waals surface area (Å²) in [7, 11) is 0. The summed E-state index contributed by atoms with van der Waals surface area (Å²) < 4.78 is 6.27. The van der Waals surface area contributed by atoms with Crippen LogP contribution >= 0.6 is 0 Å². The highest BCUT2D eigenvalue weighted by Gasteiger charge is 2.51. The summed E-state index contributed by atoms with van der Waals surface area (Å²) in [5.74, 6) is 1.85. The topological polar surface area (TPSA) is 51.8 Å². The highest BCUT2D eigenvalue weighted by atomic mass is 16.3. The van der Waals surface area contributed by atoms with E-state index in [-0.39, 0.29) is 0 Å². The Bertz CT molecular complexity index is 3540. The molecule has 0 saturated carbocycles. The van der Waals surface area contributed by atoms with Gasteiger partial charge < -0.3 is 4.42 Å². The lowest BCUT2D eigenvalue weighted by atomic mass is 9.70. The first-order chi connectivity index (χ1) is 30.7. The molecular formula is C58H35N3O. The maximum atomic E-state index is 6.27. The number of aromatic nitrogens is 3. The van der Waals surface area contributed by atoms with Gasteiger partial charge in [0.1, 0.15) is 11.2 Å². The zero-order valence-corrected chi connectivity index (χ0v) is 33.5. The van der Waals surface area contributed by atoms with Crippen LogP contribution in [0, 0.1) is 0 Å². The minimum Gasteiger partial charge on any atom is -0.456 e. The molecule has 2 aliphatic rings. The third kappa shape index (κ3) is 4.98. The summed E-state index contributed by atoms with van der Waals surface area (Å²) in [6.07, 6.45) is 0. The number of rotatable bonds is 5. The third-order valence-corrected chi connectivity index (χ3v) is 13.0. The first-order valence-corrected chi connectivity index (χ1v) is 21.1. The van der Waals surface area contributed by atoms with Crippen LogP contribution in [-0.4, -0.2) is 15.0 Å². The third-order valence-electron chi connectivity index (χ3n) is 13.0. The van der Waals surface area contributed by atoms with Crippen LogP contribution in [-0.2, 0) is 5.41 Å². The number of furan rings is 1. The second-order valence-electron chi connectivity index (χ2n) is 16.2. The van der Waals surface area contributed by atoms with Crippen molar-refractivity contribution in [3.63, 3.8) is 0 Å². The Balaban J connectivity index is 0.994. The van der Waals surface area contributed by atoms with E-state index >= 15 is 0 Å². The molecule has 11 aromatic rings. The molecule has 0 radical (unpaired) electrons. The fourth-order valence-electron chi connectivity index (χ4n) is 10.4. The van der Waals surface area contributed by atoms with Crippen molar-refractivity contribution in [3.05, 3.63) is 235 Å². The molecule has 4 heteroatoms. The number of para-hydroxylation sites is 1. The number of hydrogen-bond donors (Lipinski definition) is 0. The van der Waals surface area contributed by atoms with Gasteiger partial charge in [-0.2, -0.15) is 0 Å². The van der Waals surface area contributed by atoms with Gasteiger partial charge in [-0.25, -0.2) is 15.0 Å². The van der Waals surface area contributed by atoms with Crippen LogP contribution in [0.15, 0.2) is 217 Å². The largest absolute Gasteiger partial charge is 0.456 e. The Labute approximate surface area is 358 Å². The lowest BCUT2D eigenvalue weighted by Gasteiger charge is -2.30. The van der Waals surface area contributed by atoms with Crippen molar-refractivity contribution in [3.8, 4) is 78.7 Å². The van der Waals surface area contributed by atoms with Crippen molar-refractivity contribution >= 4 is 21.9 Å². The van der Waals surface area contributed by atoms with Crippen molar-refractivity contribution in [1.82, 2.24) is 15.0 Å². The van der Waals surface area contributed by atoms with Crippen LogP contribution in [0.4, 0.5) is 0 Å². The molecule has 9 aromatic carbocycles. The van der Waals surface area contributed by atoms with Gasteiger partial charge in [0.15, 0.2) is 17.5 Å². The molecule has 2 aliphatic carbocycles. The standard InChI is InChI=1S/C58H35N3O/c1-2-16-36(17-3-1)55-59-56(39-19-14-18-37(34-39)41-26-15-31-53-54(41)47-25-9-13-30-52(47)62-53)61-57(60-55)46-24-5-4-20-40(46)38-32-33-45-44-23-8-12-29-50(44)58(51(45)35-38)48-27-10-6-21-42(48)43-22-7-11-28-49(43)58/h1-35H. The van der Waals surface area contributed by atoms with Gasteiger partial charge in [-0.1, -0.05) is 188 Å². The van der Waals surface area contributed by atoms with E-state index in [1.54, 1.807) is 0 Å². The summed E-state index contributed by atoms with van der Waals surface area (Å²) in [6.45, 7) is 0. The molecule has 0 aliphatic heterocycles. The first-order valence-electron chi connectivity index (χ1n) is 21.1.